The Morgan fingerprint density at radius 2 is 1.39 bits per heavy atom. The molecule has 26 heteroatoms. The van der Waals surface area contributed by atoms with Gasteiger partial charge < -0.3 is 69.5 Å². The van der Waals surface area contributed by atoms with Crippen LogP contribution in [0.4, 0.5) is 0 Å². The van der Waals surface area contributed by atoms with Crippen molar-refractivity contribution in [1.82, 2.24) is 42.1 Å². The molecule has 2 heterocycles. The van der Waals surface area contributed by atoms with Crippen LogP contribution in [0.1, 0.15) is 78.2 Å². The molecule has 69 heavy (non-hydrogen) atoms. The minimum absolute atomic E-state index is 0.0297. The highest BCUT2D eigenvalue weighted by molar-refractivity contribution is 8.76. The fourth-order valence-corrected chi connectivity index (χ4v) is 9.53. The average Bonchev–Trinajstić information content (AvgIpc) is 3.78. The number of hydrogen-bond acceptors (Lipinski definition) is 15. The number of phenolic OH excluding ortho intramolecular Hbond substituents is 1. The zero-order valence-electron chi connectivity index (χ0n) is 38.9. The van der Waals surface area contributed by atoms with Gasteiger partial charge in [-0.1, -0.05) is 67.8 Å². The van der Waals surface area contributed by atoms with E-state index in [0.717, 1.165) is 21.6 Å². The number of primary amides is 3. The Bertz CT molecular complexity index is 2050. The van der Waals surface area contributed by atoms with Gasteiger partial charge in [0.1, 0.15) is 54.1 Å². The van der Waals surface area contributed by atoms with Crippen molar-refractivity contribution in [1.29, 1.82) is 0 Å². The van der Waals surface area contributed by atoms with E-state index in [1.165, 1.54) is 29.2 Å². The summed E-state index contributed by atoms with van der Waals surface area (Å²) < 4.78 is 0. The van der Waals surface area contributed by atoms with E-state index in [4.69, 9.17) is 17.2 Å². The van der Waals surface area contributed by atoms with Crippen LogP contribution >= 0.6 is 21.6 Å². The number of amides is 11. The van der Waals surface area contributed by atoms with Crippen molar-refractivity contribution in [2.24, 2.45) is 29.0 Å². The summed E-state index contributed by atoms with van der Waals surface area (Å²) >= 11 is 0. The molecule has 11 amide bonds. The van der Waals surface area contributed by atoms with Crippen LogP contribution in [0.25, 0.3) is 0 Å². The van der Waals surface area contributed by atoms with Gasteiger partial charge in [-0.05, 0) is 55.2 Å². The van der Waals surface area contributed by atoms with Crippen LogP contribution in [-0.4, -0.2) is 153 Å². The highest BCUT2D eigenvalue weighted by Gasteiger charge is 2.41. The monoisotopic (exact) mass is 1010 g/mol. The summed E-state index contributed by atoms with van der Waals surface area (Å²) in [6.45, 7) is 6.52. The Kier molecular flexibility index (Phi) is 23.0. The molecule has 9 atom stereocenters. The maximum Gasteiger partial charge on any atom is 0.250 e. The first-order valence-electron chi connectivity index (χ1n) is 22.5. The van der Waals surface area contributed by atoms with Crippen LogP contribution < -0.4 is 54.4 Å². The Morgan fingerprint density at radius 3 is 2.00 bits per heavy atom. The van der Waals surface area contributed by atoms with E-state index in [1.54, 1.807) is 27.7 Å². The number of rotatable bonds is 17. The van der Waals surface area contributed by atoms with Crippen molar-refractivity contribution in [3.63, 3.8) is 0 Å². The first-order valence-corrected chi connectivity index (χ1v) is 25.0. The highest BCUT2D eigenvalue weighted by Crippen LogP contribution is 2.26. The minimum atomic E-state index is -1.77. The molecule has 2 saturated heterocycles. The lowest BCUT2D eigenvalue weighted by atomic mass is 9.96. The molecule has 0 radical (unpaired) electrons. The van der Waals surface area contributed by atoms with Crippen LogP contribution in [0.2, 0.25) is 0 Å². The molecule has 1 aromatic carbocycles. The second-order valence-electron chi connectivity index (χ2n) is 17.3. The van der Waals surface area contributed by atoms with Gasteiger partial charge in [0.2, 0.25) is 65.0 Å². The Morgan fingerprint density at radius 1 is 0.783 bits per heavy atom. The van der Waals surface area contributed by atoms with Crippen molar-refractivity contribution < 1.29 is 63.0 Å². The topological polar surface area (TPSA) is 394 Å². The quantitative estimate of drug-likeness (QED) is 0.0672. The van der Waals surface area contributed by atoms with E-state index in [9.17, 15) is 63.0 Å². The zero-order chi connectivity index (χ0) is 51.5. The van der Waals surface area contributed by atoms with Gasteiger partial charge in [0.15, 0.2) is 0 Å². The standard InChI is InChI=1S/C43H65N11O13S2/c1-5-22(4)35-42(66)48-25(12-13-32(44)57)37(61)49-28(17-33(45)58)38(62)52-29(19-68-69-20-31(56)41(65)51-27(39(63)53-35)16-23-8-10-24(55)11-9-23)43(67)54-14-6-7-30(54)40(64)50-26(15-21(2)3)36(60)47-18-34(46)59/h8-11,21-22,25-31,35,55-56H,5-7,12-20H2,1-4H3,(H2,44,57)(H2,45,58)(H2,46,59)(H,47,60)(H,48,66)(H,49,61)(H,50,64)(H,51,65)(H,52,62)(H,53,63)/t22-,25?,26-,27-,28-,29-,30-,31+,35-/m0/s1. The number of benzene rings is 1. The first kappa shape index (κ1) is 57.2. The lowest BCUT2D eigenvalue weighted by Gasteiger charge is -2.31. The van der Waals surface area contributed by atoms with Gasteiger partial charge in [-0.3, -0.25) is 52.7 Å². The molecular formula is C43H65N11O13S2. The highest BCUT2D eigenvalue weighted by atomic mass is 33.1. The molecule has 0 spiro atoms. The molecule has 0 saturated carbocycles. The summed E-state index contributed by atoms with van der Waals surface area (Å²) in [5.74, 6) is -11.2. The number of phenols is 1. The average molecular weight is 1010 g/mol. The SMILES string of the molecule is CC[C@H](C)[C@@H]1NC(=O)[C@H](Cc2ccc(O)cc2)NC(=O)[C@H](O)CSSC[C@@H](C(=O)N2CCC[C@H]2C(=O)N[C@@H](CC(C)C)C(=O)NCC(N)=O)NC(=O)[C@H](CC(N)=O)NC(=O)C(CCC(N)=O)NC1=O. The van der Waals surface area contributed by atoms with Crippen molar-refractivity contribution >= 4 is 86.6 Å². The molecule has 382 valence electrons. The lowest BCUT2D eigenvalue weighted by molar-refractivity contribution is -0.142. The second kappa shape index (κ2) is 27.7. The summed E-state index contributed by atoms with van der Waals surface area (Å²) in [4.78, 5) is 148. The molecule has 2 aliphatic heterocycles. The number of aliphatic hydroxyl groups is 1. The maximum absolute atomic E-state index is 14.5. The van der Waals surface area contributed by atoms with E-state index in [1.807, 2.05) is 0 Å². The molecular weight excluding hydrogens is 943 g/mol. The molecule has 2 fully saturated rings. The minimum Gasteiger partial charge on any atom is -0.508 e. The fourth-order valence-electron chi connectivity index (χ4n) is 7.32. The predicted octanol–water partition coefficient (Wildman–Crippen LogP) is -3.58. The van der Waals surface area contributed by atoms with Crippen LogP contribution in [-0.2, 0) is 59.2 Å². The molecule has 0 aliphatic carbocycles. The van der Waals surface area contributed by atoms with Crippen LogP contribution in [0.15, 0.2) is 24.3 Å². The Hall–Kier alpha value is -6.15. The van der Waals surface area contributed by atoms with Gasteiger partial charge in [-0.15, -0.1) is 0 Å². The van der Waals surface area contributed by atoms with E-state index in [2.05, 4.69) is 37.2 Å². The summed E-state index contributed by atoms with van der Waals surface area (Å²) in [7, 11) is 1.84. The maximum atomic E-state index is 14.5. The second-order valence-corrected chi connectivity index (χ2v) is 19.9. The third-order valence-electron chi connectivity index (χ3n) is 11.2. The van der Waals surface area contributed by atoms with Gasteiger partial charge in [-0.25, -0.2) is 0 Å². The third-order valence-corrected chi connectivity index (χ3v) is 13.6. The molecule has 0 bridgehead atoms. The number of carbonyl (C=O) groups is 11. The largest absolute Gasteiger partial charge is 0.508 e. The molecule has 15 N–H and O–H groups in total. The lowest BCUT2D eigenvalue weighted by Crippen LogP contribution is -2.61. The number of nitrogens with one attached hydrogen (secondary N) is 7. The van der Waals surface area contributed by atoms with Crippen molar-refractivity contribution in [2.75, 3.05) is 24.6 Å². The van der Waals surface area contributed by atoms with E-state index >= 15 is 0 Å². The summed E-state index contributed by atoms with van der Waals surface area (Å²) in [6.07, 6.45) is -2.60. The van der Waals surface area contributed by atoms with Gasteiger partial charge in [0.05, 0.1) is 13.0 Å². The number of nitrogens with two attached hydrogens (primary N) is 3. The smallest absolute Gasteiger partial charge is 0.250 e. The third kappa shape index (κ3) is 18.7. The number of aliphatic hydroxyl groups excluding tert-OH is 1. The molecule has 1 unspecified atom stereocenters. The normalized spacial score (nSPS) is 24.3. The van der Waals surface area contributed by atoms with E-state index in [0.29, 0.717) is 18.4 Å². The van der Waals surface area contributed by atoms with Crippen LogP contribution in [0, 0.1) is 11.8 Å². The van der Waals surface area contributed by atoms with Crippen molar-refractivity contribution in [3.8, 4) is 5.75 Å². The molecule has 24 nitrogen and oxygen atoms in total. The summed E-state index contributed by atoms with van der Waals surface area (Å²) in [6, 6.07) is -4.14. The number of nitrogens with zero attached hydrogens (tertiary/aromatic N) is 1. The summed E-state index contributed by atoms with van der Waals surface area (Å²) in [5, 5.41) is 38.4. The van der Waals surface area contributed by atoms with Gasteiger partial charge in [-0.2, -0.15) is 0 Å². The zero-order valence-corrected chi connectivity index (χ0v) is 40.6. The van der Waals surface area contributed by atoms with E-state index in [-0.39, 0.29) is 49.0 Å². The molecule has 0 aromatic heterocycles. The van der Waals surface area contributed by atoms with Crippen molar-refractivity contribution in [2.45, 2.75) is 127 Å². The van der Waals surface area contributed by atoms with Crippen molar-refractivity contribution in [3.05, 3.63) is 29.8 Å². The predicted molar refractivity (Wildman–Crippen MR) is 252 cm³/mol. The number of aromatic hydroxyl groups is 1. The van der Waals surface area contributed by atoms with Gasteiger partial charge >= 0.3 is 0 Å². The molecule has 2 aliphatic rings. The number of carbonyl (C=O) groups excluding carboxylic acids is 11. The fraction of sp³-hybridized carbons (Fsp3) is 0.605. The van der Waals surface area contributed by atoms with Gasteiger partial charge in [0.25, 0.3) is 0 Å². The van der Waals surface area contributed by atoms with Crippen LogP contribution in [0.3, 0.4) is 0 Å². The van der Waals surface area contributed by atoms with E-state index < -0.39 is 145 Å². The Balaban J connectivity index is 2.05. The number of hydrogen-bond donors (Lipinski definition) is 12. The number of likely N-dealkylation sites (tertiary alicyclic amines) is 1. The Labute approximate surface area is 407 Å². The van der Waals surface area contributed by atoms with Gasteiger partial charge in [0, 0.05) is 30.9 Å². The first-order chi connectivity index (χ1) is 32.5. The van der Waals surface area contributed by atoms with Crippen LogP contribution in [0.5, 0.6) is 5.75 Å². The molecule has 3 rings (SSSR count). The molecule has 1 aromatic rings. The summed E-state index contributed by atoms with van der Waals surface area (Å²) in [5.41, 5.74) is 16.6.